The summed E-state index contributed by atoms with van der Waals surface area (Å²) in [5.41, 5.74) is 1.46. The van der Waals surface area contributed by atoms with Crippen LogP contribution < -0.4 is 4.80 Å². The second-order valence-corrected chi connectivity index (χ2v) is 4.21. The third kappa shape index (κ3) is 2.66. The molecule has 0 unspecified atom stereocenters. The number of carbonyl (C=O) groups is 2. The molecule has 0 radical (unpaired) electrons. The monoisotopic (exact) mass is 243 g/mol. The minimum Gasteiger partial charge on any atom is -0.329 e. The fraction of sp³-hybridized carbons (Fsp3) is 0.500. The highest BCUT2D eigenvalue weighted by Gasteiger charge is 2.11. The third-order valence-corrected chi connectivity index (χ3v) is 2.31. The topological polar surface area (TPSA) is 70.8 Å². The number of rotatable bonds is 0. The van der Waals surface area contributed by atoms with Gasteiger partial charge in [0.15, 0.2) is 0 Å². The lowest BCUT2D eigenvalue weighted by Gasteiger charge is -2.09. The van der Waals surface area contributed by atoms with Crippen LogP contribution in [0.15, 0.2) is 10.5 Å². The van der Waals surface area contributed by atoms with E-state index in [1.807, 2.05) is 0 Å². The first kappa shape index (κ1) is 12.4. The SMILES string of the molecule is CN(C)C(=O)N=c1scnn1C(=O)N(C)C. The molecule has 16 heavy (non-hydrogen) atoms. The molecule has 3 amide bonds. The van der Waals surface area contributed by atoms with E-state index in [0.29, 0.717) is 0 Å². The van der Waals surface area contributed by atoms with Crippen molar-refractivity contribution < 1.29 is 9.59 Å². The van der Waals surface area contributed by atoms with Gasteiger partial charge in [0.1, 0.15) is 5.51 Å². The molecule has 1 aromatic rings. The largest absolute Gasteiger partial charge is 0.346 e. The molecule has 0 saturated carbocycles. The molecule has 0 aliphatic heterocycles. The highest BCUT2D eigenvalue weighted by Crippen LogP contribution is 1.90. The van der Waals surface area contributed by atoms with E-state index >= 15 is 0 Å². The van der Waals surface area contributed by atoms with Crippen molar-refractivity contribution in [1.29, 1.82) is 0 Å². The summed E-state index contributed by atoms with van der Waals surface area (Å²) in [6, 6.07) is -0.767. The molecule has 88 valence electrons. The van der Waals surface area contributed by atoms with Crippen LogP contribution in [-0.4, -0.2) is 59.8 Å². The molecular formula is C8H13N5O2S. The van der Waals surface area contributed by atoms with E-state index in [1.54, 1.807) is 28.2 Å². The molecule has 0 atom stereocenters. The van der Waals surface area contributed by atoms with E-state index < -0.39 is 6.03 Å². The number of amides is 3. The molecule has 0 spiro atoms. The standard InChI is InChI=1S/C8H13N5O2S/c1-11(2)6(14)10-7-13(9-5-16-7)8(15)12(3)4/h5H,1-4H3. The first-order chi connectivity index (χ1) is 7.43. The zero-order valence-electron chi connectivity index (χ0n) is 9.54. The molecule has 0 aliphatic carbocycles. The Kier molecular flexibility index (Phi) is 3.78. The van der Waals surface area contributed by atoms with Crippen molar-refractivity contribution >= 4 is 23.4 Å². The second kappa shape index (κ2) is 4.88. The maximum absolute atomic E-state index is 11.6. The van der Waals surface area contributed by atoms with Crippen LogP contribution in [0, 0.1) is 0 Å². The van der Waals surface area contributed by atoms with Gasteiger partial charge in [-0.2, -0.15) is 14.8 Å². The number of carbonyl (C=O) groups excluding carboxylic acids is 2. The van der Waals surface area contributed by atoms with Gasteiger partial charge in [-0.3, -0.25) is 0 Å². The van der Waals surface area contributed by atoms with E-state index in [4.69, 9.17) is 0 Å². The molecule has 7 nitrogen and oxygen atoms in total. The Bertz CT molecular complexity index is 459. The van der Waals surface area contributed by atoms with Gasteiger partial charge in [0, 0.05) is 28.2 Å². The van der Waals surface area contributed by atoms with Crippen molar-refractivity contribution in [3.63, 3.8) is 0 Å². The molecule has 0 N–H and O–H groups in total. The summed E-state index contributed by atoms with van der Waals surface area (Å²) in [6.45, 7) is 0. The van der Waals surface area contributed by atoms with Crippen LogP contribution in [0.3, 0.4) is 0 Å². The molecule has 0 saturated heterocycles. The van der Waals surface area contributed by atoms with Gasteiger partial charge in [-0.1, -0.05) is 11.3 Å². The number of nitrogens with zero attached hydrogens (tertiary/aromatic N) is 5. The van der Waals surface area contributed by atoms with Crippen LogP contribution in [0.25, 0.3) is 0 Å². The number of hydrogen-bond donors (Lipinski definition) is 0. The first-order valence-electron chi connectivity index (χ1n) is 4.44. The van der Waals surface area contributed by atoms with E-state index in [-0.39, 0.29) is 10.8 Å². The van der Waals surface area contributed by atoms with Crippen molar-refractivity contribution in [3.05, 3.63) is 10.3 Å². The van der Waals surface area contributed by atoms with Gasteiger partial charge in [0.25, 0.3) is 0 Å². The maximum Gasteiger partial charge on any atom is 0.346 e. The third-order valence-electron chi connectivity index (χ3n) is 1.64. The van der Waals surface area contributed by atoms with E-state index in [2.05, 4.69) is 10.1 Å². The van der Waals surface area contributed by atoms with Crippen LogP contribution in [0.1, 0.15) is 0 Å². The Labute approximate surface area is 96.6 Å². The summed E-state index contributed by atoms with van der Waals surface area (Å²) in [5, 5.41) is 3.83. The van der Waals surface area contributed by atoms with E-state index in [1.165, 1.54) is 15.3 Å². The predicted molar refractivity (Wildman–Crippen MR) is 59.2 cm³/mol. The molecule has 0 bridgehead atoms. The van der Waals surface area contributed by atoms with Gasteiger partial charge >= 0.3 is 12.1 Å². The van der Waals surface area contributed by atoms with Gasteiger partial charge in [-0.25, -0.2) is 9.59 Å². The quantitative estimate of drug-likeness (QED) is 0.646. The Morgan fingerprint density at radius 3 is 2.44 bits per heavy atom. The molecule has 8 heteroatoms. The van der Waals surface area contributed by atoms with Crippen molar-refractivity contribution in [2.24, 2.45) is 4.99 Å². The average molecular weight is 243 g/mol. The van der Waals surface area contributed by atoms with Crippen LogP contribution >= 0.6 is 11.3 Å². The lowest BCUT2D eigenvalue weighted by molar-refractivity contribution is 0.214. The van der Waals surface area contributed by atoms with E-state index in [0.717, 1.165) is 16.0 Å². The summed E-state index contributed by atoms with van der Waals surface area (Å²) >= 11 is 1.13. The highest BCUT2D eigenvalue weighted by molar-refractivity contribution is 7.06. The minimum atomic E-state index is -0.426. The van der Waals surface area contributed by atoms with Crippen molar-refractivity contribution in [2.75, 3.05) is 28.2 Å². The molecule has 0 fully saturated rings. The average Bonchev–Trinajstić information content (AvgIpc) is 2.64. The highest BCUT2D eigenvalue weighted by atomic mass is 32.1. The first-order valence-corrected chi connectivity index (χ1v) is 5.32. The normalized spacial score (nSPS) is 11.4. The zero-order chi connectivity index (χ0) is 12.3. The lowest BCUT2D eigenvalue weighted by Crippen LogP contribution is -2.35. The van der Waals surface area contributed by atoms with Crippen LogP contribution in [0.2, 0.25) is 0 Å². The van der Waals surface area contributed by atoms with E-state index in [9.17, 15) is 9.59 Å². The zero-order valence-corrected chi connectivity index (χ0v) is 10.4. The van der Waals surface area contributed by atoms with Crippen molar-refractivity contribution in [2.45, 2.75) is 0 Å². The summed E-state index contributed by atoms with van der Waals surface area (Å²) in [5.74, 6) is 0. The second-order valence-electron chi connectivity index (χ2n) is 3.40. The minimum absolute atomic E-state index is 0.261. The molecular weight excluding hydrogens is 230 g/mol. The van der Waals surface area contributed by atoms with Crippen molar-refractivity contribution in [3.8, 4) is 0 Å². The predicted octanol–water partition coefficient (Wildman–Crippen LogP) is 0.0566. The fourth-order valence-corrected chi connectivity index (χ4v) is 1.38. The maximum atomic E-state index is 11.6. The number of hydrogen-bond acceptors (Lipinski definition) is 4. The molecule has 1 heterocycles. The van der Waals surface area contributed by atoms with Crippen LogP contribution in [0.5, 0.6) is 0 Å². The lowest BCUT2D eigenvalue weighted by atomic mass is 10.8. The summed E-state index contributed by atoms with van der Waals surface area (Å²) < 4.78 is 1.09. The van der Waals surface area contributed by atoms with Crippen LogP contribution in [0.4, 0.5) is 9.59 Å². The Hall–Kier alpha value is -1.70. The summed E-state index contributed by atoms with van der Waals surface area (Å²) in [4.78, 5) is 29.7. The van der Waals surface area contributed by atoms with Crippen LogP contribution in [-0.2, 0) is 0 Å². The molecule has 1 rings (SSSR count). The molecule has 1 aromatic heterocycles. The van der Waals surface area contributed by atoms with Gasteiger partial charge < -0.3 is 9.80 Å². The Balaban J connectivity index is 3.13. The van der Waals surface area contributed by atoms with Gasteiger partial charge in [0.2, 0.25) is 4.80 Å². The Morgan fingerprint density at radius 2 is 1.94 bits per heavy atom. The Morgan fingerprint density at radius 1 is 1.31 bits per heavy atom. The molecule has 0 aromatic carbocycles. The summed E-state index contributed by atoms with van der Waals surface area (Å²) in [6.07, 6.45) is 0. The van der Waals surface area contributed by atoms with Crippen molar-refractivity contribution in [1.82, 2.24) is 19.6 Å². The number of aromatic nitrogens is 2. The summed E-state index contributed by atoms with van der Waals surface area (Å²) in [7, 11) is 6.38. The molecule has 0 aliphatic rings. The smallest absolute Gasteiger partial charge is 0.329 e. The van der Waals surface area contributed by atoms with Gasteiger partial charge in [0.05, 0.1) is 0 Å². The van der Waals surface area contributed by atoms with Gasteiger partial charge in [-0.05, 0) is 0 Å². The number of urea groups is 1. The fourth-order valence-electron chi connectivity index (χ4n) is 0.793. The van der Waals surface area contributed by atoms with Gasteiger partial charge in [-0.15, -0.1) is 0 Å².